The van der Waals surface area contributed by atoms with Gasteiger partial charge in [0.15, 0.2) is 17.2 Å². The molecule has 7 nitrogen and oxygen atoms in total. The summed E-state index contributed by atoms with van der Waals surface area (Å²) < 4.78 is 17.3. The van der Waals surface area contributed by atoms with Gasteiger partial charge >= 0.3 is 0 Å². The summed E-state index contributed by atoms with van der Waals surface area (Å²) in [5, 5.41) is 26.6. The molecule has 2 saturated heterocycles. The fraction of sp³-hybridized carbons (Fsp3) is 0.562. The normalized spacial score (nSPS) is 30.7. The van der Waals surface area contributed by atoms with Gasteiger partial charge in [0, 0.05) is 5.02 Å². The minimum Gasteiger partial charge on any atom is -0.394 e. The zero-order valence-electron chi connectivity index (χ0n) is 14.1. The van der Waals surface area contributed by atoms with Crippen LogP contribution in [0.5, 0.6) is 0 Å². The number of fused-ring (bicyclic) bond motifs is 1. The Kier molecular flexibility index (Phi) is 5.96. The Morgan fingerprint density at radius 1 is 1.35 bits per heavy atom. The summed E-state index contributed by atoms with van der Waals surface area (Å²) in [5.41, 5.74) is 0.576. The van der Waals surface area contributed by atoms with Crippen LogP contribution in [-0.2, 0) is 14.2 Å². The summed E-state index contributed by atoms with van der Waals surface area (Å²) in [4.78, 5) is 0. The average Bonchev–Trinajstić information content (AvgIpc) is 3.02. The molecular formula is C16H20Cl2N2O5S. The molecule has 0 aromatic heterocycles. The molecule has 0 radical (unpaired) electrons. The molecule has 26 heavy (non-hydrogen) atoms. The van der Waals surface area contributed by atoms with Crippen LogP contribution >= 0.6 is 35.4 Å². The van der Waals surface area contributed by atoms with Crippen molar-refractivity contribution in [1.82, 2.24) is 5.32 Å². The fourth-order valence-corrected chi connectivity index (χ4v) is 3.73. The Morgan fingerprint density at radius 3 is 2.73 bits per heavy atom. The lowest BCUT2D eigenvalue weighted by molar-refractivity contribution is -0.218. The Hall–Kier alpha value is -0.710. The van der Waals surface area contributed by atoms with Crippen LogP contribution in [0, 0.1) is 0 Å². The Balaban J connectivity index is 1.72. The predicted molar refractivity (Wildman–Crippen MR) is 101 cm³/mol. The van der Waals surface area contributed by atoms with Crippen LogP contribution < -0.4 is 10.6 Å². The van der Waals surface area contributed by atoms with E-state index in [9.17, 15) is 10.2 Å². The van der Waals surface area contributed by atoms with E-state index < -0.39 is 43.0 Å². The largest absolute Gasteiger partial charge is 0.394 e. The summed E-state index contributed by atoms with van der Waals surface area (Å²) in [6.07, 6.45) is -3.05. The van der Waals surface area contributed by atoms with Crippen molar-refractivity contribution in [2.45, 2.75) is 50.3 Å². The predicted octanol–water partition coefficient (Wildman–Crippen LogP) is 1.88. The molecule has 0 unspecified atom stereocenters. The number of benzene rings is 1. The number of aliphatic hydroxyl groups excluding tert-OH is 2. The van der Waals surface area contributed by atoms with Crippen LogP contribution in [0.15, 0.2) is 18.2 Å². The van der Waals surface area contributed by atoms with Gasteiger partial charge in [0.1, 0.15) is 18.3 Å². The van der Waals surface area contributed by atoms with Crippen LogP contribution in [0.3, 0.4) is 0 Å². The maximum absolute atomic E-state index is 10.1. The number of hydrogen-bond acceptors (Lipinski definition) is 6. The Bertz CT molecular complexity index is 693. The molecule has 2 heterocycles. The number of halogens is 2. The van der Waals surface area contributed by atoms with Gasteiger partial charge in [0.25, 0.3) is 0 Å². The number of nitrogens with one attached hydrogen (secondary N) is 2. The number of hydrogen-bond donors (Lipinski definition) is 4. The Labute approximate surface area is 166 Å². The maximum Gasteiger partial charge on any atom is 0.189 e. The fourth-order valence-electron chi connectivity index (χ4n) is 3.03. The molecule has 10 heteroatoms. The minimum absolute atomic E-state index is 0.256. The van der Waals surface area contributed by atoms with Gasteiger partial charge in [-0.25, -0.2) is 0 Å². The molecule has 1 aromatic rings. The second kappa shape index (κ2) is 7.73. The number of aliphatic hydroxyl groups is 2. The first kappa shape index (κ1) is 20.0. The molecule has 0 aliphatic carbocycles. The first-order chi connectivity index (χ1) is 12.2. The van der Waals surface area contributed by atoms with E-state index in [-0.39, 0.29) is 5.11 Å². The van der Waals surface area contributed by atoms with E-state index in [0.717, 1.165) is 0 Å². The molecule has 0 saturated carbocycles. The zero-order valence-corrected chi connectivity index (χ0v) is 16.4. The van der Waals surface area contributed by atoms with Crippen LogP contribution in [-0.4, -0.2) is 58.4 Å². The van der Waals surface area contributed by atoms with Crippen molar-refractivity contribution in [3.63, 3.8) is 0 Å². The standard InChI is InChI=1S/C16H20Cl2N2O5S/c1-16(2)24-13-11(12(10(22)6-21)23-14(13)25-16)20-15(26)19-9-4-3-7(17)5-8(9)18/h3-5,10-14,21-22H,6H2,1-2H3,(H2,19,20,26)/t10-,11+,12-,13-,14-/m1/s1. The number of ether oxygens (including phenoxy) is 3. The molecule has 5 atom stereocenters. The van der Waals surface area contributed by atoms with E-state index in [4.69, 9.17) is 49.6 Å². The third-order valence-electron chi connectivity index (χ3n) is 4.13. The Morgan fingerprint density at radius 2 is 2.08 bits per heavy atom. The summed E-state index contributed by atoms with van der Waals surface area (Å²) in [6, 6.07) is 4.44. The quantitative estimate of drug-likeness (QED) is 0.546. The van der Waals surface area contributed by atoms with Crippen molar-refractivity contribution < 1.29 is 24.4 Å². The lowest BCUT2D eigenvalue weighted by atomic mass is 10.0. The molecule has 2 fully saturated rings. The van der Waals surface area contributed by atoms with E-state index in [2.05, 4.69) is 10.6 Å². The van der Waals surface area contributed by atoms with E-state index in [1.54, 1.807) is 32.0 Å². The zero-order chi connectivity index (χ0) is 19.1. The maximum atomic E-state index is 10.1. The number of anilines is 1. The van der Waals surface area contributed by atoms with Gasteiger partial charge in [-0.3, -0.25) is 0 Å². The van der Waals surface area contributed by atoms with Crippen molar-refractivity contribution in [3.05, 3.63) is 28.2 Å². The SMILES string of the molecule is CC1(C)O[C@H]2O[C@H]([C@H](O)CO)[C@H](NC(=S)Nc3ccc(Cl)cc3Cl)[C@H]2O1. The van der Waals surface area contributed by atoms with Gasteiger partial charge < -0.3 is 35.1 Å². The molecule has 1 aromatic carbocycles. The van der Waals surface area contributed by atoms with Crippen LogP contribution in [0.2, 0.25) is 10.0 Å². The minimum atomic E-state index is -1.12. The van der Waals surface area contributed by atoms with Crippen molar-refractivity contribution in [3.8, 4) is 0 Å². The summed E-state index contributed by atoms with van der Waals surface area (Å²) in [5.74, 6) is -0.821. The van der Waals surface area contributed by atoms with Crippen molar-refractivity contribution in [2.75, 3.05) is 11.9 Å². The molecule has 2 aliphatic rings. The third kappa shape index (κ3) is 4.23. The van der Waals surface area contributed by atoms with Gasteiger partial charge in [0.2, 0.25) is 0 Å². The topological polar surface area (TPSA) is 92.2 Å². The highest BCUT2D eigenvalue weighted by Crippen LogP contribution is 2.38. The van der Waals surface area contributed by atoms with Gasteiger partial charge in [-0.05, 0) is 44.3 Å². The second-order valence-corrected chi connectivity index (χ2v) is 7.82. The van der Waals surface area contributed by atoms with Crippen molar-refractivity contribution in [2.24, 2.45) is 0 Å². The molecule has 2 aliphatic heterocycles. The van der Waals surface area contributed by atoms with Crippen LogP contribution in [0.4, 0.5) is 5.69 Å². The monoisotopic (exact) mass is 422 g/mol. The molecule has 0 spiro atoms. The van der Waals surface area contributed by atoms with Gasteiger partial charge in [-0.1, -0.05) is 23.2 Å². The average molecular weight is 423 g/mol. The third-order valence-corrected chi connectivity index (χ3v) is 4.90. The molecule has 4 N–H and O–H groups in total. The van der Waals surface area contributed by atoms with E-state index in [1.165, 1.54) is 0 Å². The summed E-state index contributed by atoms with van der Waals surface area (Å²) >= 11 is 17.4. The van der Waals surface area contributed by atoms with E-state index >= 15 is 0 Å². The number of thiocarbonyl (C=S) groups is 1. The molecular weight excluding hydrogens is 403 g/mol. The first-order valence-corrected chi connectivity index (χ1v) is 9.19. The lowest BCUT2D eigenvalue weighted by Crippen LogP contribution is -2.53. The highest BCUT2D eigenvalue weighted by Gasteiger charge is 2.56. The molecule has 144 valence electrons. The molecule has 0 amide bonds. The van der Waals surface area contributed by atoms with Crippen LogP contribution in [0.1, 0.15) is 13.8 Å². The first-order valence-electron chi connectivity index (χ1n) is 8.03. The molecule has 3 rings (SSSR count). The van der Waals surface area contributed by atoms with Crippen molar-refractivity contribution in [1.29, 1.82) is 0 Å². The highest BCUT2D eigenvalue weighted by atomic mass is 35.5. The lowest BCUT2D eigenvalue weighted by Gasteiger charge is -2.29. The van der Waals surface area contributed by atoms with Gasteiger partial charge in [-0.15, -0.1) is 0 Å². The number of rotatable bonds is 4. The summed E-state index contributed by atoms with van der Waals surface area (Å²) in [7, 11) is 0. The van der Waals surface area contributed by atoms with Gasteiger partial charge in [0.05, 0.1) is 23.4 Å². The summed E-state index contributed by atoms with van der Waals surface area (Å²) in [6.45, 7) is 3.08. The van der Waals surface area contributed by atoms with Crippen LogP contribution in [0.25, 0.3) is 0 Å². The van der Waals surface area contributed by atoms with E-state index in [0.29, 0.717) is 15.7 Å². The smallest absolute Gasteiger partial charge is 0.189 e. The highest BCUT2D eigenvalue weighted by molar-refractivity contribution is 7.80. The van der Waals surface area contributed by atoms with E-state index in [1.807, 2.05) is 0 Å². The van der Waals surface area contributed by atoms with Gasteiger partial charge in [-0.2, -0.15) is 0 Å². The molecule has 0 bridgehead atoms. The second-order valence-electron chi connectivity index (χ2n) is 6.57. The van der Waals surface area contributed by atoms with Crippen molar-refractivity contribution >= 4 is 46.2 Å².